The van der Waals surface area contributed by atoms with Crippen molar-refractivity contribution in [2.24, 2.45) is 0 Å². The molecule has 1 N–H and O–H groups in total. The van der Waals surface area contributed by atoms with Gasteiger partial charge in [-0.1, -0.05) is 6.92 Å². The van der Waals surface area contributed by atoms with E-state index < -0.39 is 21.6 Å². The van der Waals surface area contributed by atoms with Gasteiger partial charge in [0.1, 0.15) is 11.2 Å². The van der Waals surface area contributed by atoms with E-state index in [2.05, 4.69) is 15.4 Å². The van der Waals surface area contributed by atoms with Crippen LogP contribution in [-0.4, -0.2) is 31.2 Å². The summed E-state index contributed by atoms with van der Waals surface area (Å²) in [5.74, 6) is -0.228. The molecule has 0 radical (unpaired) electrons. The molecule has 0 spiro atoms. The molecule has 0 aliphatic rings. The Morgan fingerprint density at radius 2 is 1.93 bits per heavy atom. The van der Waals surface area contributed by atoms with Crippen LogP contribution in [0.2, 0.25) is 0 Å². The van der Waals surface area contributed by atoms with E-state index in [4.69, 9.17) is 9.25 Å². The van der Waals surface area contributed by atoms with E-state index in [0.717, 1.165) is 18.2 Å². The molecule has 11 heteroatoms. The summed E-state index contributed by atoms with van der Waals surface area (Å²) in [7, 11) is -2.35. The molecular formula is C16H14F3N3O4S. The quantitative estimate of drug-likeness (QED) is 0.652. The molecule has 0 fully saturated rings. The monoisotopic (exact) mass is 401 g/mol. The maximum atomic E-state index is 12.9. The van der Waals surface area contributed by atoms with Gasteiger partial charge in [0.05, 0.1) is 23.3 Å². The number of anilines is 1. The molecular weight excluding hydrogens is 387 g/mol. The summed E-state index contributed by atoms with van der Waals surface area (Å²) in [4.78, 5) is 12.7. The Morgan fingerprint density at radius 3 is 2.56 bits per heavy atom. The standard InChI is InChI=1S/C16H14F3N3O4S/c1-3-27(23,24)12-6-7-13(22-25-2)21-14(12)15-20-10-8-9(16(17,18)19)4-5-11(10)26-15/h4-8H,3H2,1-2H3,(H,21,22). The molecule has 1 aromatic carbocycles. The molecule has 3 rings (SSSR count). The Bertz CT molecular complexity index is 1090. The van der Waals surface area contributed by atoms with Crippen LogP contribution < -0.4 is 5.48 Å². The van der Waals surface area contributed by atoms with Gasteiger partial charge >= 0.3 is 6.18 Å². The average molecular weight is 401 g/mol. The van der Waals surface area contributed by atoms with E-state index >= 15 is 0 Å². The van der Waals surface area contributed by atoms with E-state index in [1.54, 1.807) is 0 Å². The van der Waals surface area contributed by atoms with Gasteiger partial charge in [-0.3, -0.25) is 4.84 Å². The zero-order valence-corrected chi connectivity index (χ0v) is 15.0. The first-order valence-corrected chi connectivity index (χ1v) is 9.32. The first-order chi connectivity index (χ1) is 12.7. The van der Waals surface area contributed by atoms with Crippen LogP contribution in [0.15, 0.2) is 39.6 Å². The van der Waals surface area contributed by atoms with Gasteiger partial charge in [-0.15, -0.1) is 0 Å². The smallest absolute Gasteiger partial charge is 0.416 e. The summed E-state index contributed by atoms with van der Waals surface area (Å²) in [5, 5.41) is 0. The van der Waals surface area contributed by atoms with Crippen molar-refractivity contribution < 1.29 is 30.8 Å². The molecule has 0 unspecified atom stereocenters. The van der Waals surface area contributed by atoms with Crippen molar-refractivity contribution >= 4 is 26.8 Å². The Morgan fingerprint density at radius 1 is 1.19 bits per heavy atom. The predicted octanol–water partition coefficient (Wildman–Crippen LogP) is 3.68. The van der Waals surface area contributed by atoms with Crippen LogP contribution in [0.4, 0.5) is 19.0 Å². The second kappa shape index (κ2) is 6.82. The second-order valence-corrected chi connectivity index (χ2v) is 7.70. The lowest BCUT2D eigenvalue weighted by molar-refractivity contribution is -0.137. The largest absolute Gasteiger partial charge is 0.435 e. The molecule has 0 atom stereocenters. The molecule has 0 aliphatic heterocycles. The minimum atomic E-state index is -4.54. The van der Waals surface area contributed by atoms with Gasteiger partial charge < -0.3 is 4.42 Å². The number of benzene rings is 1. The van der Waals surface area contributed by atoms with Crippen LogP contribution in [-0.2, 0) is 20.9 Å². The Balaban J connectivity index is 2.21. The molecule has 0 saturated heterocycles. The van der Waals surface area contributed by atoms with Crippen molar-refractivity contribution in [1.82, 2.24) is 9.97 Å². The van der Waals surface area contributed by atoms with Gasteiger partial charge in [0.15, 0.2) is 21.2 Å². The number of rotatable bonds is 5. The lowest BCUT2D eigenvalue weighted by Gasteiger charge is -2.08. The average Bonchev–Trinajstić information content (AvgIpc) is 3.04. The van der Waals surface area contributed by atoms with Crippen molar-refractivity contribution in [3.05, 3.63) is 35.9 Å². The number of pyridine rings is 1. The van der Waals surface area contributed by atoms with Crippen molar-refractivity contribution in [2.45, 2.75) is 18.0 Å². The second-order valence-electron chi connectivity index (χ2n) is 5.45. The van der Waals surface area contributed by atoms with E-state index in [1.807, 2.05) is 0 Å². The molecule has 2 heterocycles. The molecule has 7 nitrogen and oxygen atoms in total. The van der Waals surface area contributed by atoms with Gasteiger partial charge in [-0.25, -0.2) is 23.9 Å². The number of halogens is 3. The first-order valence-electron chi connectivity index (χ1n) is 7.66. The molecule has 0 bridgehead atoms. The lowest BCUT2D eigenvalue weighted by atomic mass is 10.2. The first kappa shape index (κ1) is 19.1. The van der Waals surface area contributed by atoms with Crippen LogP contribution in [0.1, 0.15) is 12.5 Å². The van der Waals surface area contributed by atoms with E-state index in [-0.39, 0.29) is 39.2 Å². The molecule has 144 valence electrons. The van der Waals surface area contributed by atoms with Crippen molar-refractivity contribution in [2.75, 3.05) is 18.3 Å². The summed E-state index contributed by atoms with van der Waals surface area (Å²) in [6.07, 6.45) is -4.54. The fourth-order valence-electron chi connectivity index (χ4n) is 2.37. The van der Waals surface area contributed by atoms with E-state index in [0.29, 0.717) is 0 Å². The lowest BCUT2D eigenvalue weighted by Crippen LogP contribution is -2.08. The van der Waals surface area contributed by atoms with Gasteiger partial charge in [0.2, 0.25) is 5.89 Å². The third-order valence-electron chi connectivity index (χ3n) is 3.70. The minimum absolute atomic E-state index is 0.0634. The number of oxazole rings is 1. The number of hydrogen-bond donors (Lipinski definition) is 1. The highest BCUT2D eigenvalue weighted by atomic mass is 32.2. The Hall–Kier alpha value is -2.66. The fourth-order valence-corrected chi connectivity index (χ4v) is 3.39. The highest BCUT2D eigenvalue weighted by molar-refractivity contribution is 7.91. The third-order valence-corrected chi connectivity index (χ3v) is 5.46. The van der Waals surface area contributed by atoms with Gasteiger partial charge in [-0.05, 0) is 30.3 Å². The highest BCUT2D eigenvalue weighted by Gasteiger charge is 2.31. The molecule has 0 aliphatic carbocycles. The van der Waals surface area contributed by atoms with E-state index in [1.165, 1.54) is 26.2 Å². The SMILES string of the molecule is CCS(=O)(=O)c1ccc(NOC)nc1-c1nc2cc(C(F)(F)F)ccc2o1. The third kappa shape index (κ3) is 3.74. The number of fused-ring (bicyclic) bond motifs is 1. The number of alkyl halides is 3. The van der Waals surface area contributed by atoms with Crippen molar-refractivity contribution in [3.8, 4) is 11.6 Å². The van der Waals surface area contributed by atoms with Crippen LogP contribution in [0.3, 0.4) is 0 Å². The number of nitrogens with zero attached hydrogens (tertiary/aromatic N) is 2. The van der Waals surface area contributed by atoms with Gasteiger partial charge in [0.25, 0.3) is 0 Å². The maximum absolute atomic E-state index is 12.9. The van der Waals surface area contributed by atoms with Gasteiger partial charge in [0, 0.05) is 0 Å². The predicted molar refractivity (Wildman–Crippen MR) is 90.6 cm³/mol. The van der Waals surface area contributed by atoms with Crippen molar-refractivity contribution in [3.63, 3.8) is 0 Å². The fraction of sp³-hybridized carbons (Fsp3) is 0.250. The van der Waals surface area contributed by atoms with Crippen LogP contribution in [0.25, 0.3) is 22.7 Å². The number of nitrogens with one attached hydrogen (secondary N) is 1. The normalized spacial score (nSPS) is 12.5. The molecule has 3 aromatic rings. The van der Waals surface area contributed by atoms with Gasteiger partial charge in [-0.2, -0.15) is 13.2 Å². The maximum Gasteiger partial charge on any atom is 0.416 e. The number of sulfone groups is 1. The summed E-state index contributed by atoms with van der Waals surface area (Å²) >= 11 is 0. The van der Waals surface area contributed by atoms with Crippen LogP contribution in [0.5, 0.6) is 0 Å². The summed E-state index contributed by atoms with van der Waals surface area (Å²) in [5.41, 5.74) is 1.45. The Kier molecular flexibility index (Phi) is 4.82. The topological polar surface area (TPSA) is 94.3 Å². The Labute approximate surface area is 152 Å². The molecule has 27 heavy (non-hydrogen) atoms. The van der Waals surface area contributed by atoms with Crippen LogP contribution in [0, 0.1) is 0 Å². The molecule has 0 saturated carbocycles. The zero-order chi connectivity index (χ0) is 19.8. The highest BCUT2D eigenvalue weighted by Crippen LogP contribution is 2.34. The molecule has 2 aromatic heterocycles. The van der Waals surface area contributed by atoms with Crippen LogP contribution >= 0.6 is 0 Å². The molecule has 0 amide bonds. The van der Waals surface area contributed by atoms with E-state index in [9.17, 15) is 21.6 Å². The number of aromatic nitrogens is 2. The minimum Gasteiger partial charge on any atom is -0.435 e. The summed E-state index contributed by atoms with van der Waals surface area (Å²) in [6.45, 7) is 1.46. The zero-order valence-electron chi connectivity index (χ0n) is 14.2. The van der Waals surface area contributed by atoms with Crippen molar-refractivity contribution in [1.29, 1.82) is 0 Å². The summed E-state index contributed by atoms with van der Waals surface area (Å²) in [6, 6.07) is 5.50. The summed E-state index contributed by atoms with van der Waals surface area (Å²) < 4.78 is 68.8. The number of hydrogen-bond acceptors (Lipinski definition) is 7.